The number of carbonyl (C=O) groups excluding carboxylic acids is 1. The second-order valence-corrected chi connectivity index (χ2v) is 6.32. The minimum absolute atomic E-state index is 0.0580. The van der Waals surface area contributed by atoms with E-state index in [1.165, 1.54) is 35.1 Å². The minimum Gasteiger partial charge on any atom is -0.494 e. The van der Waals surface area contributed by atoms with Crippen molar-refractivity contribution in [3.63, 3.8) is 0 Å². The van der Waals surface area contributed by atoms with Gasteiger partial charge in [-0.2, -0.15) is 5.10 Å². The van der Waals surface area contributed by atoms with Crippen LogP contribution in [0.3, 0.4) is 0 Å². The maximum absolute atomic E-state index is 12.7. The lowest BCUT2D eigenvalue weighted by Crippen LogP contribution is -2.25. The fourth-order valence-electron chi connectivity index (χ4n) is 2.80. The molecular formula is C21H20N4O5. The molecule has 0 unspecified atom stereocenters. The van der Waals surface area contributed by atoms with Crippen molar-refractivity contribution in [1.82, 2.24) is 9.78 Å². The monoisotopic (exact) mass is 408 g/mol. The summed E-state index contributed by atoms with van der Waals surface area (Å²) in [4.78, 5) is 35.6. The van der Waals surface area contributed by atoms with Gasteiger partial charge in [0.05, 0.1) is 23.3 Å². The first kappa shape index (κ1) is 20.7. The number of nitro benzene ring substituents is 1. The van der Waals surface area contributed by atoms with E-state index < -0.39 is 16.3 Å². The number of benzene rings is 2. The molecule has 2 aromatic carbocycles. The molecule has 0 bridgehead atoms. The molecule has 0 aliphatic rings. The fourth-order valence-corrected chi connectivity index (χ4v) is 2.80. The number of nitrogens with one attached hydrogen (secondary N) is 1. The van der Waals surface area contributed by atoms with Crippen molar-refractivity contribution < 1.29 is 14.5 Å². The van der Waals surface area contributed by atoms with Gasteiger partial charge in [-0.15, -0.1) is 0 Å². The first-order valence-corrected chi connectivity index (χ1v) is 9.34. The van der Waals surface area contributed by atoms with E-state index in [-0.39, 0.29) is 17.1 Å². The average molecular weight is 408 g/mol. The number of ether oxygens (including phenoxy) is 1. The van der Waals surface area contributed by atoms with Crippen molar-refractivity contribution in [2.75, 3.05) is 11.9 Å². The molecule has 1 amide bonds. The highest BCUT2D eigenvalue weighted by atomic mass is 16.6. The Morgan fingerprint density at radius 2 is 1.90 bits per heavy atom. The predicted molar refractivity (Wildman–Crippen MR) is 111 cm³/mol. The lowest BCUT2D eigenvalue weighted by atomic mass is 10.1. The molecule has 3 rings (SSSR count). The van der Waals surface area contributed by atoms with Gasteiger partial charge in [0.25, 0.3) is 11.6 Å². The number of nitro groups is 1. The number of rotatable bonds is 7. The van der Waals surface area contributed by atoms with Crippen LogP contribution in [-0.2, 0) is 6.42 Å². The van der Waals surface area contributed by atoms with Gasteiger partial charge in [-0.1, -0.05) is 19.1 Å². The lowest BCUT2D eigenvalue weighted by Gasteiger charge is -2.10. The molecule has 1 N–H and O–H groups in total. The van der Waals surface area contributed by atoms with E-state index in [2.05, 4.69) is 10.4 Å². The summed E-state index contributed by atoms with van der Waals surface area (Å²) in [7, 11) is 0. The smallest absolute Gasteiger partial charge is 0.296 e. The zero-order valence-electron chi connectivity index (χ0n) is 16.5. The van der Waals surface area contributed by atoms with Crippen molar-refractivity contribution in [2.24, 2.45) is 0 Å². The van der Waals surface area contributed by atoms with Crippen LogP contribution in [0.4, 0.5) is 11.4 Å². The molecule has 30 heavy (non-hydrogen) atoms. The van der Waals surface area contributed by atoms with Crippen LogP contribution in [0.2, 0.25) is 0 Å². The third-order valence-corrected chi connectivity index (χ3v) is 4.36. The second kappa shape index (κ2) is 8.99. The van der Waals surface area contributed by atoms with Crippen molar-refractivity contribution in [3.05, 3.63) is 86.3 Å². The molecule has 154 valence electrons. The summed E-state index contributed by atoms with van der Waals surface area (Å²) in [5.74, 6) is -0.537. The highest BCUT2D eigenvalue weighted by Crippen LogP contribution is 2.29. The molecule has 3 aromatic rings. The molecular weight excluding hydrogens is 388 g/mol. The number of carbonyl (C=O) groups is 1. The minimum atomic E-state index is -0.841. The molecule has 1 heterocycles. The quantitative estimate of drug-likeness (QED) is 0.473. The van der Waals surface area contributed by atoms with Gasteiger partial charge >= 0.3 is 0 Å². The van der Waals surface area contributed by atoms with Gasteiger partial charge in [0.1, 0.15) is 11.4 Å². The maximum Gasteiger partial charge on any atom is 0.296 e. The number of aromatic nitrogens is 2. The summed E-state index contributed by atoms with van der Waals surface area (Å²) in [6.07, 6.45) is 2.34. The molecule has 0 saturated carbocycles. The Labute approximate surface area is 172 Å². The van der Waals surface area contributed by atoms with Gasteiger partial charge in [-0.25, -0.2) is 4.68 Å². The summed E-state index contributed by atoms with van der Waals surface area (Å²) in [5.41, 5.74) is 0.440. The number of anilines is 1. The Balaban J connectivity index is 1.92. The summed E-state index contributed by atoms with van der Waals surface area (Å²) >= 11 is 0. The number of nitrogens with zero attached hydrogens (tertiary/aromatic N) is 3. The summed E-state index contributed by atoms with van der Waals surface area (Å²) in [5, 5.41) is 17.9. The first-order chi connectivity index (χ1) is 14.4. The molecule has 0 saturated heterocycles. The van der Waals surface area contributed by atoms with E-state index in [1.807, 2.05) is 31.2 Å². The number of hydrogen-bond acceptors (Lipinski definition) is 6. The lowest BCUT2D eigenvalue weighted by molar-refractivity contribution is -0.384. The zero-order chi connectivity index (χ0) is 21.7. The maximum atomic E-state index is 12.7. The highest BCUT2D eigenvalue weighted by Gasteiger charge is 2.20. The fraction of sp³-hybridized carbons (Fsp3) is 0.190. The van der Waals surface area contributed by atoms with Gasteiger partial charge in [-0.05, 0) is 43.2 Å². The average Bonchev–Trinajstić information content (AvgIpc) is 2.75. The molecule has 0 aliphatic heterocycles. The Bertz CT molecular complexity index is 1140. The Morgan fingerprint density at radius 3 is 2.53 bits per heavy atom. The second-order valence-electron chi connectivity index (χ2n) is 6.32. The van der Waals surface area contributed by atoms with Crippen LogP contribution in [0, 0.1) is 10.1 Å². The van der Waals surface area contributed by atoms with Gasteiger partial charge < -0.3 is 10.1 Å². The Kier molecular flexibility index (Phi) is 6.21. The third kappa shape index (κ3) is 4.52. The van der Waals surface area contributed by atoms with Crippen molar-refractivity contribution in [3.8, 4) is 11.4 Å². The molecule has 0 spiro atoms. The van der Waals surface area contributed by atoms with Crippen LogP contribution in [0.15, 0.2) is 59.5 Å². The van der Waals surface area contributed by atoms with Gasteiger partial charge in [0.15, 0.2) is 5.69 Å². The van der Waals surface area contributed by atoms with Crippen molar-refractivity contribution >= 4 is 17.3 Å². The summed E-state index contributed by atoms with van der Waals surface area (Å²) in [6.45, 7) is 4.13. The van der Waals surface area contributed by atoms with Crippen LogP contribution in [0.1, 0.15) is 29.9 Å². The summed E-state index contributed by atoms with van der Waals surface area (Å²) < 4.78 is 6.66. The van der Waals surface area contributed by atoms with Crippen LogP contribution < -0.4 is 15.5 Å². The molecule has 0 atom stereocenters. The normalized spacial score (nSPS) is 10.5. The first-order valence-electron chi connectivity index (χ1n) is 9.34. The molecule has 0 fully saturated rings. The highest BCUT2D eigenvalue weighted by molar-refractivity contribution is 6.04. The van der Waals surface area contributed by atoms with Crippen LogP contribution >= 0.6 is 0 Å². The zero-order valence-corrected chi connectivity index (χ0v) is 16.5. The largest absolute Gasteiger partial charge is 0.494 e. The number of hydrogen-bond donors (Lipinski definition) is 1. The van der Waals surface area contributed by atoms with Crippen molar-refractivity contribution in [2.45, 2.75) is 20.3 Å². The molecule has 9 nitrogen and oxygen atoms in total. The van der Waals surface area contributed by atoms with Gasteiger partial charge in [-0.3, -0.25) is 19.7 Å². The Hall–Kier alpha value is -4.01. The van der Waals surface area contributed by atoms with E-state index in [4.69, 9.17) is 4.74 Å². The van der Waals surface area contributed by atoms with E-state index in [9.17, 15) is 19.7 Å². The molecule has 1 aromatic heterocycles. The number of amides is 1. The van der Waals surface area contributed by atoms with Crippen LogP contribution in [0.25, 0.3) is 5.69 Å². The topological polar surface area (TPSA) is 116 Å². The SMILES string of the molecule is CCOc1ccc(NC(=O)c2nn(-c3ccc(CC)cc3)ccc2=O)c([N+](=O)[O-])c1. The van der Waals surface area contributed by atoms with Gasteiger partial charge in [0.2, 0.25) is 5.43 Å². The molecule has 9 heteroatoms. The molecule has 0 radical (unpaired) electrons. The van der Waals surface area contributed by atoms with E-state index >= 15 is 0 Å². The summed E-state index contributed by atoms with van der Waals surface area (Å²) in [6, 6.07) is 12.8. The van der Waals surface area contributed by atoms with Crippen LogP contribution in [0.5, 0.6) is 5.75 Å². The predicted octanol–water partition coefficient (Wildman–Crippen LogP) is 3.35. The van der Waals surface area contributed by atoms with E-state index in [0.29, 0.717) is 18.0 Å². The van der Waals surface area contributed by atoms with Crippen LogP contribution in [-0.4, -0.2) is 27.2 Å². The number of aryl methyl sites for hydroxylation is 1. The standard InChI is InChI=1S/C21H20N4O5/c1-3-14-5-7-15(8-6-14)24-12-11-19(26)20(23-24)21(27)22-17-10-9-16(30-4-2)13-18(17)25(28)29/h5-13H,3-4H2,1-2H3,(H,22,27). The van der Waals surface area contributed by atoms with E-state index in [1.54, 1.807) is 6.92 Å². The Morgan fingerprint density at radius 1 is 1.17 bits per heavy atom. The molecule has 0 aliphatic carbocycles. The van der Waals surface area contributed by atoms with E-state index in [0.717, 1.165) is 12.0 Å². The van der Waals surface area contributed by atoms with Gasteiger partial charge in [0, 0.05) is 12.3 Å². The third-order valence-electron chi connectivity index (χ3n) is 4.36. The van der Waals surface area contributed by atoms with Crippen molar-refractivity contribution in [1.29, 1.82) is 0 Å².